The molecular formula is C12H17ClFN3O2S. The van der Waals surface area contributed by atoms with Crippen LogP contribution in [0.1, 0.15) is 0 Å². The van der Waals surface area contributed by atoms with Crippen molar-refractivity contribution in [2.45, 2.75) is 10.9 Å². The SMILES string of the molecule is CN1CCN(S(=O)(=O)c2ccc(Cl)cc2F)C(CN)C1. The summed E-state index contributed by atoms with van der Waals surface area (Å²) in [5.41, 5.74) is 5.65. The molecule has 0 saturated carbocycles. The zero-order valence-corrected chi connectivity index (χ0v) is 12.7. The largest absolute Gasteiger partial charge is 0.329 e. The number of nitrogens with zero attached hydrogens (tertiary/aromatic N) is 2. The molecule has 0 aromatic heterocycles. The van der Waals surface area contributed by atoms with Gasteiger partial charge in [-0.15, -0.1) is 0 Å². The number of hydrogen-bond donors (Lipinski definition) is 1. The second-order valence-corrected chi connectivity index (χ2v) is 7.14. The molecule has 2 N–H and O–H groups in total. The minimum Gasteiger partial charge on any atom is -0.329 e. The molecular weight excluding hydrogens is 305 g/mol. The van der Waals surface area contributed by atoms with Gasteiger partial charge in [0, 0.05) is 31.2 Å². The summed E-state index contributed by atoms with van der Waals surface area (Å²) in [6.07, 6.45) is 0. The molecule has 0 amide bonds. The van der Waals surface area contributed by atoms with Gasteiger partial charge >= 0.3 is 0 Å². The summed E-state index contributed by atoms with van der Waals surface area (Å²) in [7, 11) is -2.00. The van der Waals surface area contributed by atoms with Crippen molar-refractivity contribution in [3.8, 4) is 0 Å². The Morgan fingerprint density at radius 2 is 2.15 bits per heavy atom. The lowest BCUT2D eigenvalue weighted by atomic mass is 10.2. The van der Waals surface area contributed by atoms with E-state index < -0.39 is 15.8 Å². The van der Waals surface area contributed by atoms with Crippen LogP contribution in [0.25, 0.3) is 0 Å². The first-order valence-electron chi connectivity index (χ1n) is 6.21. The molecule has 0 spiro atoms. The van der Waals surface area contributed by atoms with E-state index in [1.54, 1.807) is 0 Å². The maximum Gasteiger partial charge on any atom is 0.246 e. The van der Waals surface area contributed by atoms with Crippen LogP contribution in [0.15, 0.2) is 23.1 Å². The van der Waals surface area contributed by atoms with Gasteiger partial charge in [0.25, 0.3) is 0 Å². The predicted molar refractivity (Wildman–Crippen MR) is 75.6 cm³/mol. The van der Waals surface area contributed by atoms with Crippen LogP contribution in [0.5, 0.6) is 0 Å². The third-order valence-electron chi connectivity index (χ3n) is 3.38. The lowest BCUT2D eigenvalue weighted by Gasteiger charge is -2.38. The Balaban J connectivity index is 2.38. The summed E-state index contributed by atoms with van der Waals surface area (Å²) in [4.78, 5) is 1.65. The van der Waals surface area contributed by atoms with E-state index in [0.29, 0.717) is 19.6 Å². The molecule has 8 heteroatoms. The molecule has 1 aromatic rings. The van der Waals surface area contributed by atoms with Crippen LogP contribution in [0.4, 0.5) is 4.39 Å². The summed E-state index contributed by atoms with van der Waals surface area (Å²) in [5, 5.41) is 0.162. The van der Waals surface area contributed by atoms with Crippen molar-refractivity contribution in [1.82, 2.24) is 9.21 Å². The first-order valence-corrected chi connectivity index (χ1v) is 8.03. The average Bonchev–Trinajstić information content (AvgIpc) is 2.37. The van der Waals surface area contributed by atoms with Gasteiger partial charge in [-0.3, -0.25) is 0 Å². The topological polar surface area (TPSA) is 66.6 Å². The van der Waals surface area contributed by atoms with Gasteiger partial charge in [-0.25, -0.2) is 12.8 Å². The van der Waals surface area contributed by atoms with Gasteiger partial charge in [0.1, 0.15) is 10.7 Å². The highest BCUT2D eigenvalue weighted by atomic mass is 35.5. The molecule has 0 aliphatic carbocycles. The highest BCUT2D eigenvalue weighted by Gasteiger charge is 2.35. The number of benzene rings is 1. The summed E-state index contributed by atoms with van der Waals surface area (Å²) < 4.78 is 40.3. The fourth-order valence-electron chi connectivity index (χ4n) is 2.31. The lowest BCUT2D eigenvalue weighted by Crippen LogP contribution is -2.56. The summed E-state index contributed by atoms with van der Waals surface area (Å²) in [6, 6.07) is 3.21. The fraction of sp³-hybridized carbons (Fsp3) is 0.500. The van der Waals surface area contributed by atoms with Crippen molar-refractivity contribution in [3.63, 3.8) is 0 Å². The van der Waals surface area contributed by atoms with Crippen LogP contribution in [0, 0.1) is 5.82 Å². The summed E-state index contributed by atoms with van der Waals surface area (Å²) in [5.74, 6) is -0.841. The molecule has 2 rings (SSSR count). The third kappa shape index (κ3) is 2.96. The van der Waals surface area contributed by atoms with Crippen molar-refractivity contribution in [2.24, 2.45) is 5.73 Å². The monoisotopic (exact) mass is 321 g/mol. The number of likely N-dealkylation sites (N-methyl/N-ethyl adjacent to an activating group) is 1. The van der Waals surface area contributed by atoms with E-state index in [2.05, 4.69) is 0 Å². The van der Waals surface area contributed by atoms with Gasteiger partial charge in [-0.05, 0) is 25.2 Å². The minimum atomic E-state index is -3.90. The number of halogens is 2. The predicted octanol–water partition coefficient (Wildman–Crippen LogP) is 0.743. The van der Waals surface area contributed by atoms with Crippen molar-refractivity contribution in [2.75, 3.05) is 33.2 Å². The van der Waals surface area contributed by atoms with Crippen LogP contribution in [0.3, 0.4) is 0 Å². The Labute approximate surface area is 123 Å². The van der Waals surface area contributed by atoms with Gasteiger partial charge < -0.3 is 10.6 Å². The van der Waals surface area contributed by atoms with Gasteiger partial charge in [0.2, 0.25) is 10.0 Å². The van der Waals surface area contributed by atoms with Crippen LogP contribution in [0.2, 0.25) is 5.02 Å². The van der Waals surface area contributed by atoms with Gasteiger partial charge in [-0.1, -0.05) is 11.6 Å². The Hall–Kier alpha value is -0.730. The average molecular weight is 322 g/mol. The molecule has 1 unspecified atom stereocenters. The van der Waals surface area contributed by atoms with E-state index in [1.165, 1.54) is 16.4 Å². The van der Waals surface area contributed by atoms with Crippen LogP contribution in [-0.2, 0) is 10.0 Å². The van der Waals surface area contributed by atoms with Crippen molar-refractivity contribution in [3.05, 3.63) is 29.0 Å². The first kappa shape index (κ1) is 15.7. The number of rotatable bonds is 3. The molecule has 1 heterocycles. The zero-order valence-electron chi connectivity index (χ0n) is 11.1. The van der Waals surface area contributed by atoms with Crippen molar-refractivity contribution in [1.29, 1.82) is 0 Å². The minimum absolute atomic E-state index is 0.162. The lowest BCUT2D eigenvalue weighted by molar-refractivity contribution is 0.163. The number of sulfonamides is 1. The number of nitrogens with two attached hydrogens (primary N) is 1. The molecule has 1 aliphatic heterocycles. The van der Waals surface area contributed by atoms with E-state index in [0.717, 1.165) is 6.07 Å². The standard InChI is InChI=1S/C12H17ClFN3O2S/c1-16-4-5-17(10(7-15)8-16)20(18,19)12-3-2-9(13)6-11(12)14/h2-3,6,10H,4-5,7-8,15H2,1H3. The molecule has 0 radical (unpaired) electrons. The van der Waals surface area contributed by atoms with Crippen molar-refractivity contribution < 1.29 is 12.8 Å². The number of hydrogen-bond acceptors (Lipinski definition) is 4. The van der Waals surface area contributed by atoms with Gasteiger partial charge in [-0.2, -0.15) is 4.31 Å². The molecule has 0 bridgehead atoms. The van der Waals surface area contributed by atoms with E-state index in [4.69, 9.17) is 17.3 Å². The van der Waals surface area contributed by atoms with Gasteiger partial charge in [0.15, 0.2) is 0 Å². The highest BCUT2D eigenvalue weighted by Crippen LogP contribution is 2.25. The zero-order chi connectivity index (χ0) is 14.9. The maximum atomic E-state index is 13.9. The Bertz CT molecular complexity index is 596. The third-order valence-corrected chi connectivity index (χ3v) is 5.60. The molecule has 5 nitrogen and oxygen atoms in total. The second kappa shape index (κ2) is 5.95. The Morgan fingerprint density at radius 1 is 1.45 bits per heavy atom. The van der Waals surface area contributed by atoms with Gasteiger partial charge in [0.05, 0.1) is 6.04 Å². The second-order valence-electron chi connectivity index (χ2n) is 4.84. The van der Waals surface area contributed by atoms with E-state index >= 15 is 0 Å². The van der Waals surface area contributed by atoms with E-state index in [9.17, 15) is 12.8 Å². The van der Waals surface area contributed by atoms with E-state index in [1.807, 2.05) is 11.9 Å². The van der Waals surface area contributed by atoms with E-state index in [-0.39, 0.29) is 22.5 Å². The normalized spacial score (nSPS) is 22.1. The molecule has 1 aromatic carbocycles. The quantitative estimate of drug-likeness (QED) is 0.892. The summed E-state index contributed by atoms with van der Waals surface area (Å²) in [6.45, 7) is 1.61. The highest BCUT2D eigenvalue weighted by molar-refractivity contribution is 7.89. The Morgan fingerprint density at radius 3 is 2.75 bits per heavy atom. The molecule has 1 fully saturated rings. The van der Waals surface area contributed by atoms with Crippen LogP contribution < -0.4 is 5.73 Å². The fourth-order valence-corrected chi connectivity index (χ4v) is 4.14. The summed E-state index contributed by atoms with van der Waals surface area (Å²) >= 11 is 5.65. The Kier molecular flexibility index (Phi) is 4.66. The number of piperazine rings is 1. The van der Waals surface area contributed by atoms with Crippen LogP contribution in [-0.4, -0.2) is 56.9 Å². The maximum absolute atomic E-state index is 13.9. The molecule has 1 aliphatic rings. The molecule has 112 valence electrons. The molecule has 1 saturated heterocycles. The van der Waals surface area contributed by atoms with Crippen LogP contribution >= 0.6 is 11.6 Å². The molecule has 1 atom stereocenters. The molecule has 20 heavy (non-hydrogen) atoms. The smallest absolute Gasteiger partial charge is 0.246 e. The first-order chi connectivity index (χ1) is 9.36. The van der Waals surface area contributed by atoms with Crippen molar-refractivity contribution >= 4 is 21.6 Å².